The first kappa shape index (κ1) is 6.49. The number of hydrogen-bond donors (Lipinski definition) is 2. The summed E-state index contributed by atoms with van der Waals surface area (Å²) in [6.45, 7) is 1.06. The molecule has 3 nitrogen and oxygen atoms in total. The molecule has 0 fully saturated rings. The van der Waals surface area contributed by atoms with Gasteiger partial charge in [0.15, 0.2) is 11.5 Å². The van der Waals surface area contributed by atoms with E-state index in [1.807, 2.05) is 0 Å². The third-order valence-corrected chi connectivity index (χ3v) is 1.81. The molecule has 0 saturated heterocycles. The van der Waals surface area contributed by atoms with Crippen LogP contribution < -0.4 is 0 Å². The zero-order valence-electron chi connectivity index (χ0n) is 5.87. The van der Waals surface area contributed by atoms with Crippen LogP contribution in [-0.2, 0) is 18.0 Å². The average molecular weight is 152 g/mol. The van der Waals surface area contributed by atoms with E-state index in [2.05, 4.69) is 0 Å². The lowest BCUT2D eigenvalue weighted by Gasteiger charge is -1.99. The fourth-order valence-electron chi connectivity index (χ4n) is 1.20. The Morgan fingerprint density at radius 1 is 1.00 bits per heavy atom. The fourth-order valence-corrected chi connectivity index (χ4v) is 1.20. The van der Waals surface area contributed by atoms with Gasteiger partial charge in [0.1, 0.15) is 0 Å². The lowest BCUT2D eigenvalue weighted by molar-refractivity contribution is 0.134. The Balaban J connectivity index is 2.57. The van der Waals surface area contributed by atoms with Gasteiger partial charge in [-0.15, -0.1) is 0 Å². The van der Waals surface area contributed by atoms with Gasteiger partial charge in [-0.3, -0.25) is 0 Å². The molecule has 0 atom stereocenters. The average Bonchev–Trinajstić information content (AvgIpc) is 2.36. The first-order valence-electron chi connectivity index (χ1n) is 3.39. The zero-order chi connectivity index (χ0) is 7.84. The minimum atomic E-state index is -0.0748. The first-order chi connectivity index (χ1) is 5.27. The van der Waals surface area contributed by atoms with Crippen molar-refractivity contribution in [2.45, 2.75) is 13.2 Å². The molecule has 0 unspecified atom stereocenters. The maximum Gasteiger partial charge on any atom is 0.157 e. The van der Waals surface area contributed by atoms with Gasteiger partial charge < -0.3 is 14.9 Å². The van der Waals surface area contributed by atoms with Gasteiger partial charge in [0.25, 0.3) is 0 Å². The molecule has 2 rings (SSSR count). The smallest absolute Gasteiger partial charge is 0.157 e. The lowest BCUT2D eigenvalue weighted by atomic mass is 10.1. The van der Waals surface area contributed by atoms with Crippen LogP contribution in [0.25, 0.3) is 0 Å². The standard InChI is InChI=1S/C8H8O3/c9-7-1-5-3-11-4-6(5)2-8(7)10/h1-2,9-10H,3-4H2. The topological polar surface area (TPSA) is 49.7 Å². The summed E-state index contributed by atoms with van der Waals surface area (Å²) in [5.41, 5.74) is 1.92. The van der Waals surface area contributed by atoms with Gasteiger partial charge in [0, 0.05) is 0 Å². The Morgan fingerprint density at radius 2 is 1.45 bits per heavy atom. The second kappa shape index (κ2) is 2.13. The van der Waals surface area contributed by atoms with E-state index < -0.39 is 0 Å². The summed E-state index contributed by atoms with van der Waals surface area (Å²) in [7, 11) is 0. The summed E-state index contributed by atoms with van der Waals surface area (Å²) < 4.78 is 5.10. The molecule has 11 heavy (non-hydrogen) atoms. The van der Waals surface area contributed by atoms with E-state index in [1.54, 1.807) is 0 Å². The molecule has 0 spiro atoms. The van der Waals surface area contributed by atoms with Crippen LogP contribution >= 0.6 is 0 Å². The maximum atomic E-state index is 9.08. The Morgan fingerprint density at radius 3 is 1.91 bits per heavy atom. The second-order valence-electron chi connectivity index (χ2n) is 2.60. The van der Waals surface area contributed by atoms with E-state index in [1.165, 1.54) is 12.1 Å². The van der Waals surface area contributed by atoms with Gasteiger partial charge in [0.05, 0.1) is 13.2 Å². The number of benzene rings is 1. The Bertz CT molecular complexity index is 265. The highest BCUT2D eigenvalue weighted by atomic mass is 16.5. The Labute approximate surface area is 63.9 Å². The molecule has 0 radical (unpaired) electrons. The number of fused-ring (bicyclic) bond motifs is 1. The zero-order valence-corrected chi connectivity index (χ0v) is 5.87. The molecule has 0 aliphatic carbocycles. The van der Waals surface area contributed by atoms with E-state index in [4.69, 9.17) is 14.9 Å². The third-order valence-electron chi connectivity index (χ3n) is 1.81. The van der Waals surface area contributed by atoms with Crippen molar-refractivity contribution in [3.63, 3.8) is 0 Å². The van der Waals surface area contributed by atoms with Crippen molar-refractivity contribution in [3.8, 4) is 11.5 Å². The largest absolute Gasteiger partial charge is 0.504 e. The van der Waals surface area contributed by atoms with Gasteiger partial charge in [-0.25, -0.2) is 0 Å². The summed E-state index contributed by atoms with van der Waals surface area (Å²) in [6.07, 6.45) is 0. The van der Waals surface area contributed by atoms with E-state index in [-0.39, 0.29) is 11.5 Å². The Hall–Kier alpha value is -1.22. The molecule has 1 aromatic carbocycles. The molecule has 1 aromatic rings. The predicted octanol–water partition coefficient (Wildman–Crippen LogP) is 1.13. The quantitative estimate of drug-likeness (QED) is 0.548. The fraction of sp³-hybridized carbons (Fsp3) is 0.250. The molecule has 0 amide bonds. The molecular formula is C8H8O3. The normalized spacial score (nSPS) is 14.9. The number of hydrogen-bond acceptors (Lipinski definition) is 3. The minimum absolute atomic E-state index is 0.0748. The van der Waals surface area contributed by atoms with E-state index in [0.29, 0.717) is 13.2 Å². The molecule has 1 aliphatic heterocycles. The van der Waals surface area contributed by atoms with Crippen LogP contribution in [0.3, 0.4) is 0 Å². The molecule has 2 N–H and O–H groups in total. The summed E-state index contributed by atoms with van der Waals surface area (Å²) in [5, 5.41) is 18.2. The first-order valence-corrected chi connectivity index (χ1v) is 3.39. The van der Waals surface area contributed by atoms with Crippen LogP contribution in [-0.4, -0.2) is 10.2 Å². The molecule has 3 heteroatoms. The van der Waals surface area contributed by atoms with Crippen LogP contribution in [0.4, 0.5) is 0 Å². The molecule has 1 heterocycles. The van der Waals surface area contributed by atoms with Crippen molar-refractivity contribution in [1.82, 2.24) is 0 Å². The predicted molar refractivity (Wildman–Crippen MR) is 38.3 cm³/mol. The van der Waals surface area contributed by atoms with E-state index in [9.17, 15) is 0 Å². The number of rotatable bonds is 0. The SMILES string of the molecule is Oc1cc2c(cc1O)COC2. The summed E-state index contributed by atoms with van der Waals surface area (Å²) in [6, 6.07) is 3.08. The molecule has 0 saturated carbocycles. The Kier molecular flexibility index (Phi) is 1.26. The molecular weight excluding hydrogens is 144 g/mol. The van der Waals surface area contributed by atoms with Crippen molar-refractivity contribution in [2.24, 2.45) is 0 Å². The van der Waals surface area contributed by atoms with Crippen molar-refractivity contribution in [2.75, 3.05) is 0 Å². The van der Waals surface area contributed by atoms with Crippen LogP contribution in [0, 0.1) is 0 Å². The number of phenols is 2. The monoisotopic (exact) mass is 152 g/mol. The molecule has 0 bridgehead atoms. The summed E-state index contributed by atoms with van der Waals surface area (Å²) in [4.78, 5) is 0. The van der Waals surface area contributed by atoms with Crippen LogP contribution in [0.1, 0.15) is 11.1 Å². The number of ether oxygens (including phenoxy) is 1. The minimum Gasteiger partial charge on any atom is -0.504 e. The highest BCUT2D eigenvalue weighted by molar-refractivity contribution is 5.46. The van der Waals surface area contributed by atoms with Gasteiger partial charge in [-0.05, 0) is 23.3 Å². The highest BCUT2D eigenvalue weighted by Gasteiger charge is 2.13. The van der Waals surface area contributed by atoms with Crippen LogP contribution in [0.15, 0.2) is 12.1 Å². The van der Waals surface area contributed by atoms with Gasteiger partial charge in [-0.2, -0.15) is 0 Å². The van der Waals surface area contributed by atoms with Crippen molar-refractivity contribution in [3.05, 3.63) is 23.3 Å². The van der Waals surface area contributed by atoms with E-state index in [0.717, 1.165) is 11.1 Å². The van der Waals surface area contributed by atoms with Gasteiger partial charge >= 0.3 is 0 Å². The van der Waals surface area contributed by atoms with Crippen LogP contribution in [0.2, 0.25) is 0 Å². The van der Waals surface area contributed by atoms with Crippen molar-refractivity contribution < 1.29 is 14.9 Å². The number of phenolic OH excluding ortho intramolecular Hbond substituents is 2. The van der Waals surface area contributed by atoms with Crippen molar-refractivity contribution in [1.29, 1.82) is 0 Å². The van der Waals surface area contributed by atoms with Gasteiger partial charge in [-0.1, -0.05) is 0 Å². The van der Waals surface area contributed by atoms with E-state index >= 15 is 0 Å². The molecule has 0 aromatic heterocycles. The van der Waals surface area contributed by atoms with Gasteiger partial charge in [0.2, 0.25) is 0 Å². The maximum absolute atomic E-state index is 9.08. The number of aromatic hydroxyl groups is 2. The summed E-state index contributed by atoms with van der Waals surface area (Å²) in [5.74, 6) is -0.150. The van der Waals surface area contributed by atoms with Crippen molar-refractivity contribution >= 4 is 0 Å². The van der Waals surface area contributed by atoms with Crippen LogP contribution in [0.5, 0.6) is 11.5 Å². The second-order valence-corrected chi connectivity index (χ2v) is 2.60. The third kappa shape index (κ3) is 0.935. The lowest BCUT2D eigenvalue weighted by Crippen LogP contribution is -1.80. The highest BCUT2D eigenvalue weighted by Crippen LogP contribution is 2.31. The summed E-state index contributed by atoms with van der Waals surface area (Å²) >= 11 is 0. The molecule has 58 valence electrons. The molecule has 1 aliphatic rings.